The quantitative estimate of drug-likeness (QED) is 0.705. The topological polar surface area (TPSA) is 56.5 Å². The molecule has 0 saturated carbocycles. The van der Waals surface area contributed by atoms with E-state index in [0.29, 0.717) is 22.9 Å². The van der Waals surface area contributed by atoms with Gasteiger partial charge in [0.2, 0.25) is 5.28 Å². The van der Waals surface area contributed by atoms with Crippen molar-refractivity contribution in [1.82, 2.24) is 24.5 Å². The monoisotopic (exact) mass is 359 g/mol. The highest BCUT2D eigenvalue weighted by Gasteiger charge is 2.35. The van der Waals surface area contributed by atoms with Gasteiger partial charge in [0.05, 0.1) is 6.20 Å². The Labute approximate surface area is 137 Å². The molecule has 5 nitrogen and oxygen atoms in total. The van der Waals surface area contributed by atoms with Gasteiger partial charge < -0.3 is 0 Å². The predicted molar refractivity (Wildman–Crippen MR) is 79.4 cm³/mol. The van der Waals surface area contributed by atoms with Crippen molar-refractivity contribution < 1.29 is 13.2 Å². The number of nitrogens with zero attached hydrogens (tertiary/aromatic N) is 5. The molecule has 10 heteroatoms. The fourth-order valence-electron chi connectivity index (χ4n) is 1.98. The zero-order valence-electron chi connectivity index (χ0n) is 11.7. The molecule has 3 rings (SSSR count). The number of hydrogen-bond acceptors (Lipinski definition) is 5. The van der Waals surface area contributed by atoms with Crippen LogP contribution in [0.15, 0.2) is 34.4 Å². The molecular formula is C13H9ClF3N5S. The minimum atomic E-state index is -4.53. The van der Waals surface area contributed by atoms with Crippen LogP contribution in [0.1, 0.15) is 12.6 Å². The van der Waals surface area contributed by atoms with Crippen molar-refractivity contribution >= 4 is 34.7 Å². The first-order chi connectivity index (χ1) is 10.9. The van der Waals surface area contributed by atoms with Crippen LogP contribution in [-0.2, 0) is 12.7 Å². The summed E-state index contributed by atoms with van der Waals surface area (Å²) in [4.78, 5) is 15.8. The maximum atomic E-state index is 13.0. The summed E-state index contributed by atoms with van der Waals surface area (Å²) in [6, 6.07) is 2.78. The molecule has 0 aliphatic carbocycles. The minimum absolute atomic E-state index is 0.0395. The SMILES string of the molecule is CCn1c(Cl)nc2ncc(Sc3cccnc3C(F)(F)F)nc21. The first kappa shape index (κ1) is 16.0. The first-order valence-electron chi connectivity index (χ1n) is 6.49. The Morgan fingerprint density at radius 1 is 1.26 bits per heavy atom. The molecule has 0 bridgehead atoms. The van der Waals surface area contributed by atoms with E-state index in [0.717, 1.165) is 18.0 Å². The molecule has 0 spiro atoms. The lowest BCUT2D eigenvalue weighted by molar-refractivity contribution is -0.143. The summed E-state index contributed by atoms with van der Waals surface area (Å²) in [5.74, 6) is 0. The number of hydrogen-bond donors (Lipinski definition) is 0. The number of rotatable bonds is 3. The van der Waals surface area contributed by atoms with Gasteiger partial charge in [-0.05, 0) is 30.7 Å². The molecular weight excluding hydrogens is 351 g/mol. The highest BCUT2D eigenvalue weighted by atomic mass is 35.5. The second-order valence-corrected chi connectivity index (χ2v) is 5.83. The summed E-state index contributed by atoms with van der Waals surface area (Å²) in [5.41, 5.74) is -0.169. The fraction of sp³-hybridized carbons (Fsp3) is 0.231. The second-order valence-electron chi connectivity index (χ2n) is 4.43. The van der Waals surface area contributed by atoms with E-state index in [4.69, 9.17) is 11.6 Å². The van der Waals surface area contributed by atoms with Gasteiger partial charge in [0, 0.05) is 17.6 Å². The van der Waals surface area contributed by atoms with Gasteiger partial charge in [0.25, 0.3) is 0 Å². The van der Waals surface area contributed by atoms with E-state index in [2.05, 4.69) is 19.9 Å². The van der Waals surface area contributed by atoms with Crippen LogP contribution in [0.5, 0.6) is 0 Å². The van der Waals surface area contributed by atoms with Crippen LogP contribution >= 0.6 is 23.4 Å². The Morgan fingerprint density at radius 3 is 2.74 bits per heavy atom. The molecule has 3 heterocycles. The minimum Gasteiger partial charge on any atom is -0.298 e. The van der Waals surface area contributed by atoms with E-state index in [1.165, 1.54) is 18.3 Å². The van der Waals surface area contributed by atoms with Crippen LogP contribution in [0, 0.1) is 0 Å². The molecule has 3 aromatic rings. The van der Waals surface area contributed by atoms with Gasteiger partial charge in [-0.1, -0.05) is 11.8 Å². The number of alkyl halides is 3. The van der Waals surface area contributed by atoms with Gasteiger partial charge in [-0.3, -0.25) is 9.55 Å². The molecule has 0 aromatic carbocycles. The van der Waals surface area contributed by atoms with Crippen molar-refractivity contribution in [2.75, 3.05) is 0 Å². The normalized spacial score (nSPS) is 12.0. The molecule has 0 unspecified atom stereocenters. The maximum Gasteiger partial charge on any atom is 0.434 e. The summed E-state index contributed by atoms with van der Waals surface area (Å²) in [6.45, 7) is 2.39. The predicted octanol–water partition coefficient (Wildman–Crippen LogP) is 4.06. The standard InChI is InChI=1S/C13H9ClF3N5S/c1-2-22-11-10(21-12(22)14)19-6-8(20-11)23-7-4-3-5-18-9(7)13(15,16)17/h3-6H,2H2,1H3. The van der Waals surface area contributed by atoms with Crippen LogP contribution in [0.25, 0.3) is 11.3 Å². The number of aromatic nitrogens is 5. The Kier molecular flexibility index (Phi) is 4.15. The Balaban J connectivity index is 2.03. The molecule has 0 aliphatic heterocycles. The van der Waals surface area contributed by atoms with Crippen LogP contribution in [-0.4, -0.2) is 24.5 Å². The number of pyridine rings is 1. The summed E-state index contributed by atoms with van der Waals surface area (Å²) in [5, 5.41) is 0.546. The largest absolute Gasteiger partial charge is 0.434 e. The van der Waals surface area contributed by atoms with Gasteiger partial charge in [-0.25, -0.2) is 9.97 Å². The summed E-state index contributed by atoms with van der Waals surface area (Å²) >= 11 is 6.82. The van der Waals surface area contributed by atoms with E-state index in [1.54, 1.807) is 4.57 Å². The van der Waals surface area contributed by atoms with Crippen molar-refractivity contribution in [2.45, 2.75) is 29.6 Å². The van der Waals surface area contributed by atoms with Crippen molar-refractivity contribution in [3.63, 3.8) is 0 Å². The van der Waals surface area contributed by atoms with E-state index in [-0.39, 0.29) is 10.2 Å². The molecule has 0 amide bonds. The summed E-state index contributed by atoms with van der Waals surface area (Å²) in [7, 11) is 0. The van der Waals surface area contributed by atoms with Gasteiger partial charge in [-0.2, -0.15) is 18.2 Å². The smallest absolute Gasteiger partial charge is 0.298 e. The number of halogens is 4. The molecule has 23 heavy (non-hydrogen) atoms. The van der Waals surface area contributed by atoms with Gasteiger partial charge in [0.1, 0.15) is 5.03 Å². The second kappa shape index (κ2) is 5.97. The highest BCUT2D eigenvalue weighted by Crippen LogP contribution is 2.37. The van der Waals surface area contributed by atoms with Crippen LogP contribution in [0.4, 0.5) is 13.2 Å². The lowest BCUT2D eigenvalue weighted by Gasteiger charge is -2.10. The zero-order chi connectivity index (χ0) is 16.6. The van der Waals surface area contributed by atoms with Crippen LogP contribution < -0.4 is 0 Å². The maximum absolute atomic E-state index is 13.0. The third-order valence-corrected chi connectivity index (χ3v) is 4.20. The molecule has 0 radical (unpaired) electrons. The fourth-order valence-corrected chi connectivity index (χ4v) is 3.13. The van der Waals surface area contributed by atoms with E-state index in [1.807, 2.05) is 6.92 Å². The molecule has 0 saturated heterocycles. The number of fused-ring (bicyclic) bond motifs is 1. The summed E-state index contributed by atoms with van der Waals surface area (Å²) < 4.78 is 40.6. The summed E-state index contributed by atoms with van der Waals surface area (Å²) in [6.07, 6.45) is -2.06. The third kappa shape index (κ3) is 3.11. The Bertz CT molecular complexity index is 864. The molecule has 0 atom stereocenters. The van der Waals surface area contributed by atoms with Crippen molar-refractivity contribution in [1.29, 1.82) is 0 Å². The van der Waals surface area contributed by atoms with E-state index >= 15 is 0 Å². The number of imidazole rings is 1. The molecule has 0 aliphatic rings. The van der Waals surface area contributed by atoms with E-state index < -0.39 is 11.9 Å². The molecule has 0 fully saturated rings. The van der Waals surface area contributed by atoms with Crippen molar-refractivity contribution in [3.8, 4) is 0 Å². The van der Waals surface area contributed by atoms with Gasteiger partial charge in [0.15, 0.2) is 17.0 Å². The van der Waals surface area contributed by atoms with Crippen molar-refractivity contribution in [3.05, 3.63) is 35.5 Å². The van der Waals surface area contributed by atoms with Crippen LogP contribution in [0.3, 0.4) is 0 Å². The highest BCUT2D eigenvalue weighted by molar-refractivity contribution is 7.99. The van der Waals surface area contributed by atoms with Crippen molar-refractivity contribution in [2.24, 2.45) is 0 Å². The average molecular weight is 360 g/mol. The average Bonchev–Trinajstić information content (AvgIpc) is 2.81. The molecule has 120 valence electrons. The zero-order valence-corrected chi connectivity index (χ0v) is 13.2. The first-order valence-corrected chi connectivity index (χ1v) is 7.68. The molecule has 3 aromatic heterocycles. The lowest BCUT2D eigenvalue weighted by Crippen LogP contribution is -2.09. The van der Waals surface area contributed by atoms with Crippen LogP contribution in [0.2, 0.25) is 5.28 Å². The Hall–Kier alpha value is -1.87. The molecule has 0 N–H and O–H groups in total. The van der Waals surface area contributed by atoms with Gasteiger partial charge in [-0.15, -0.1) is 0 Å². The lowest BCUT2D eigenvalue weighted by atomic mass is 10.3. The third-order valence-electron chi connectivity index (χ3n) is 2.96. The number of aryl methyl sites for hydroxylation is 1. The van der Waals surface area contributed by atoms with Gasteiger partial charge >= 0.3 is 6.18 Å². The van der Waals surface area contributed by atoms with E-state index in [9.17, 15) is 13.2 Å². The Morgan fingerprint density at radius 2 is 2.04 bits per heavy atom.